The van der Waals surface area contributed by atoms with Crippen LogP contribution in [0.5, 0.6) is 0 Å². The maximum atomic E-state index is 6.44. The van der Waals surface area contributed by atoms with Crippen molar-refractivity contribution in [2.24, 2.45) is 9.98 Å². The summed E-state index contributed by atoms with van der Waals surface area (Å²) in [4.78, 5) is 19.1. The number of allylic oxidation sites excluding steroid dienone is 1. The standard InChI is InChI=1S/C22H26ClN5/c1-17(19-6-7-20(23)21(13-19)28-10-3-4-11-28)12-18-14-26-22(27-15-18)16-25-9-5-8-24-2/h5-9,13-15,17H,2-4,10-12,16H2,1H3/b8-5-,25-9?. The quantitative estimate of drug-likeness (QED) is 0.599. The second kappa shape index (κ2) is 10.1. The van der Waals surface area contributed by atoms with E-state index in [0.717, 1.165) is 35.8 Å². The lowest BCUT2D eigenvalue weighted by Crippen LogP contribution is -2.18. The first-order valence-corrected chi connectivity index (χ1v) is 10.00. The van der Waals surface area contributed by atoms with Gasteiger partial charge in [0.2, 0.25) is 0 Å². The Balaban J connectivity index is 1.62. The molecule has 0 spiro atoms. The third kappa shape index (κ3) is 5.49. The average molecular weight is 396 g/mol. The fourth-order valence-corrected chi connectivity index (χ4v) is 3.61. The number of nitrogens with zero attached hydrogens (tertiary/aromatic N) is 5. The zero-order valence-electron chi connectivity index (χ0n) is 16.3. The van der Waals surface area contributed by atoms with Crippen molar-refractivity contribution in [1.29, 1.82) is 0 Å². The number of hydrogen-bond acceptors (Lipinski definition) is 5. The van der Waals surface area contributed by atoms with Crippen LogP contribution >= 0.6 is 11.6 Å². The molecule has 1 saturated heterocycles. The topological polar surface area (TPSA) is 53.7 Å². The van der Waals surface area contributed by atoms with Gasteiger partial charge in [-0.05, 0) is 61.2 Å². The van der Waals surface area contributed by atoms with E-state index in [9.17, 15) is 0 Å². The summed E-state index contributed by atoms with van der Waals surface area (Å²) in [6.45, 7) is 8.24. The number of anilines is 1. The summed E-state index contributed by atoms with van der Waals surface area (Å²) < 4.78 is 0. The molecule has 0 bridgehead atoms. The Labute approximate surface area is 171 Å². The molecule has 1 aliphatic rings. The zero-order chi connectivity index (χ0) is 19.8. The lowest BCUT2D eigenvalue weighted by Gasteiger charge is -2.21. The van der Waals surface area contributed by atoms with Crippen LogP contribution in [0.1, 0.15) is 42.6 Å². The molecule has 6 heteroatoms. The van der Waals surface area contributed by atoms with Gasteiger partial charge in [0.1, 0.15) is 5.82 Å². The molecule has 5 nitrogen and oxygen atoms in total. The minimum absolute atomic E-state index is 0.364. The number of rotatable bonds is 8. The van der Waals surface area contributed by atoms with Gasteiger partial charge in [-0.2, -0.15) is 0 Å². The molecule has 146 valence electrons. The van der Waals surface area contributed by atoms with Gasteiger partial charge in [-0.15, -0.1) is 0 Å². The second-order valence-corrected chi connectivity index (χ2v) is 7.44. The van der Waals surface area contributed by atoms with Crippen molar-refractivity contribution in [1.82, 2.24) is 9.97 Å². The van der Waals surface area contributed by atoms with Gasteiger partial charge in [0.05, 0.1) is 17.3 Å². The molecule has 0 amide bonds. The van der Waals surface area contributed by atoms with Gasteiger partial charge in [-0.25, -0.2) is 9.97 Å². The Morgan fingerprint density at radius 1 is 1.25 bits per heavy atom. The van der Waals surface area contributed by atoms with Crippen LogP contribution in [-0.2, 0) is 13.0 Å². The van der Waals surface area contributed by atoms with Crippen molar-refractivity contribution >= 4 is 30.2 Å². The van der Waals surface area contributed by atoms with E-state index in [0.29, 0.717) is 18.3 Å². The van der Waals surface area contributed by atoms with E-state index in [4.69, 9.17) is 11.6 Å². The number of aliphatic imine (C=N–C) groups is 2. The largest absolute Gasteiger partial charge is 0.370 e. The summed E-state index contributed by atoms with van der Waals surface area (Å²) in [7, 11) is 0. The molecule has 1 fully saturated rings. The van der Waals surface area contributed by atoms with Gasteiger partial charge in [0, 0.05) is 37.9 Å². The van der Waals surface area contributed by atoms with E-state index in [1.54, 1.807) is 18.5 Å². The van der Waals surface area contributed by atoms with Gasteiger partial charge >= 0.3 is 0 Å². The fraction of sp³-hybridized carbons (Fsp3) is 0.364. The van der Waals surface area contributed by atoms with E-state index < -0.39 is 0 Å². The van der Waals surface area contributed by atoms with Crippen molar-refractivity contribution < 1.29 is 0 Å². The first-order valence-electron chi connectivity index (χ1n) is 9.62. The average Bonchev–Trinajstić information content (AvgIpc) is 3.24. The van der Waals surface area contributed by atoms with Gasteiger partial charge in [0.25, 0.3) is 0 Å². The molecule has 28 heavy (non-hydrogen) atoms. The Bertz CT molecular complexity index is 839. The third-order valence-electron chi connectivity index (χ3n) is 4.90. The SMILES string of the molecule is C=N/C=C\C=NCc1ncc(CC(C)c2ccc(Cl)c(N3CCCC3)c2)cn1. The predicted octanol–water partition coefficient (Wildman–Crippen LogP) is 4.86. The molecule has 0 aliphatic carbocycles. The van der Waals surface area contributed by atoms with Gasteiger partial charge in [0.15, 0.2) is 0 Å². The highest BCUT2D eigenvalue weighted by atomic mass is 35.5. The van der Waals surface area contributed by atoms with Crippen LogP contribution in [0.4, 0.5) is 5.69 Å². The molecule has 2 heterocycles. The minimum atomic E-state index is 0.364. The van der Waals surface area contributed by atoms with Crippen LogP contribution < -0.4 is 4.90 Å². The number of aromatic nitrogens is 2. The summed E-state index contributed by atoms with van der Waals surface area (Å²) in [5.41, 5.74) is 3.57. The number of halogens is 1. The number of benzene rings is 1. The molecule has 1 aromatic carbocycles. The van der Waals surface area contributed by atoms with E-state index >= 15 is 0 Å². The predicted molar refractivity (Wildman–Crippen MR) is 118 cm³/mol. The van der Waals surface area contributed by atoms with Gasteiger partial charge in [-0.3, -0.25) is 9.98 Å². The highest BCUT2D eigenvalue weighted by molar-refractivity contribution is 6.33. The molecule has 2 aromatic rings. The molecule has 1 unspecified atom stereocenters. The summed E-state index contributed by atoms with van der Waals surface area (Å²) >= 11 is 6.44. The number of hydrogen-bond donors (Lipinski definition) is 0. The third-order valence-corrected chi connectivity index (χ3v) is 5.22. The van der Waals surface area contributed by atoms with E-state index in [2.05, 4.69) is 50.6 Å². The first kappa shape index (κ1) is 20.2. The normalized spacial score (nSPS) is 15.6. The summed E-state index contributed by atoms with van der Waals surface area (Å²) in [5.74, 6) is 1.07. The molecule has 1 aliphatic heterocycles. The fourth-order valence-electron chi connectivity index (χ4n) is 3.37. The Morgan fingerprint density at radius 2 is 2.00 bits per heavy atom. The second-order valence-electron chi connectivity index (χ2n) is 7.03. The van der Waals surface area contributed by atoms with Crippen LogP contribution in [0.2, 0.25) is 5.02 Å². The van der Waals surface area contributed by atoms with Crippen molar-refractivity contribution in [3.8, 4) is 0 Å². The Kier molecular flexibility index (Phi) is 7.31. The van der Waals surface area contributed by atoms with Crippen LogP contribution in [-0.4, -0.2) is 36.0 Å². The molecule has 0 N–H and O–H groups in total. The summed E-state index contributed by atoms with van der Waals surface area (Å²) in [6, 6.07) is 6.39. The van der Waals surface area contributed by atoms with E-state index in [-0.39, 0.29) is 0 Å². The van der Waals surface area contributed by atoms with Crippen LogP contribution in [0, 0.1) is 0 Å². The molecular weight excluding hydrogens is 370 g/mol. The van der Waals surface area contributed by atoms with Gasteiger partial charge < -0.3 is 4.90 Å². The maximum absolute atomic E-state index is 6.44. The maximum Gasteiger partial charge on any atom is 0.149 e. The smallest absolute Gasteiger partial charge is 0.149 e. The van der Waals surface area contributed by atoms with Crippen molar-refractivity contribution in [3.63, 3.8) is 0 Å². The first-order chi connectivity index (χ1) is 13.7. The van der Waals surface area contributed by atoms with Gasteiger partial charge in [-0.1, -0.05) is 24.6 Å². The summed E-state index contributed by atoms with van der Waals surface area (Å²) in [5, 5.41) is 0.838. The van der Waals surface area contributed by atoms with E-state index in [1.807, 2.05) is 18.5 Å². The monoisotopic (exact) mass is 395 g/mol. The van der Waals surface area contributed by atoms with Crippen LogP contribution in [0.3, 0.4) is 0 Å². The molecular formula is C22H26ClN5. The van der Waals surface area contributed by atoms with Crippen LogP contribution in [0.15, 0.2) is 52.9 Å². The van der Waals surface area contributed by atoms with Crippen molar-refractivity contribution in [2.75, 3.05) is 18.0 Å². The lowest BCUT2D eigenvalue weighted by atomic mass is 9.94. The molecule has 1 aromatic heterocycles. The molecule has 0 saturated carbocycles. The molecule has 1 atom stereocenters. The van der Waals surface area contributed by atoms with Crippen molar-refractivity contribution in [2.45, 2.75) is 38.6 Å². The highest BCUT2D eigenvalue weighted by Crippen LogP contribution is 2.32. The van der Waals surface area contributed by atoms with Crippen molar-refractivity contribution in [3.05, 3.63) is 64.8 Å². The Morgan fingerprint density at radius 3 is 2.71 bits per heavy atom. The zero-order valence-corrected chi connectivity index (χ0v) is 17.0. The Hall–Kier alpha value is -2.53. The molecule has 0 radical (unpaired) electrons. The molecule has 3 rings (SSSR count). The minimum Gasteiger partial charge on any atom is -0.370 e. The van der Waals surface area contributed by atoms with E-state index in [1.165, 1.54) is 18.4 Å². The summed E-state index contributed by atoms with van der Waals surface area (Å²) in [6.07, 6.45) is 12.1. The highest BCUT2D eigenvalue weighted by Gasteiger charge is 2.17. The lowest BCUT2D eigenvalue weighted by molar-refractivity contribution is 0.746. The van der Waals surface area contributed by atoms with Crippen LogP contribution in [0.25, 0.3) is 0 Å².